The van der Waals surface area contributed by atoms with Crippen LogP contribution in [-0.4, -0.2) is 66.1 Å². The highest BCUT2D eigenvalue weighted by Crippen LogP contribution is 2.33. The molecule has 0 aromatic heterocycles. The lowest BCUT2D eigenvalue weighted by Crippen LogP contribution is -2.45. The van der Waals surface area contributed by atoms with Gasteiger partial charge < -0.3 is 28.4 Å². The number of fused-ring (bicyclic) bond motifs is 2. The third-order valence-electron chi connectivity index (χ3n) is 10.8. The van der Waals surface area contributed by atoms with Crippen LogP contribution in [0, 0.1) is 22.7 Å². The predicted molar refractivity (Wildman–Crippen MR) is 209 cm³/mol. The summed E-state index contributed by atoms with van der Waals surface area (Å²) in [5, 5.41) is 0. The summed E-state index contributed by atoms with van der Waals surface area (Å²) in [4.78, 5) is 0. The number of rotatable bonds is 22. The first-order valence-electron chi connectivity index (χ1n) is 19.7. The largest absolute Gasteiger partial charge is 0.494 e. The fourth-order valence-electron chi connectivity index (χ4n) is 6.75. The van der Waals surface area contributed by atoms with E-state index in [1.54, 1.807) is 0 Å². The zero-order valence-electron chi connectivity index (χ0n) is 31.5. The number of ether oxygens (including phenoxy) is 6. The molecule has 2 aliphatic heterocycles. The Bertz CT molecular complexity index is 1460. The van der Waals surface area contributed by atoms with Gasteiger partial charge >= 0.3 is 0 Å². The second-order valence-electron chi connectivity index (χ2n) is 15.0. The zero-order valence-corrected chi connectivity index (χ0v) is 31.5. The maximum Gasteiger partial charge on any atom is 0.120 e. The summed E-state index contributed by atoms with van der Waals surface area (Å²) in [7, 11) is 0. The fraction of sp³-hybridized carbons (Fsp3) is 0.522. The Kier molecular flexibility index (Phi) is 14.3. The van der Waals surface area contributed by atoms with Crippen LogP contribution in [0.25, 0.3) is 22.3 Å². The summed E-state index contributed by atoms with van der Waals surface area (Å²) in [6.45, 7) is 12.7. The van der Waals surface area contributed by atoms with E-state index in [0.717, 1.165) is 162 Å². The van der Waals surface area contributed by atoms with Crippen LogP contribution < -0.4 is 9.47 Å². The average Bonchev–Trinajstić information content (AvgIpc) is 3.58. The molecule has 0 unspecified atom stereocenters. The van der Waals surface area contributed by atoms with E-state index in [9.17, 15) is 0 Å². The molecule has 0 atom stereocenters. The smallest absolute Gasteiger partial charge is 0.120 e. The lowest BCUT2D eigenvalue weighted by Gasteiger charge is -2.40. The third-order valence-corrected chi connectivity index (χ3v) is 10.8. The maximum atomic E-state index is 6.08. The minimum atomic E-state index is 0.282. The van der Waals surface area contributed by atoms with Crippen LogP contribution in [0.15, 0.2) is 72.8 Å². The van der Waals surface area contributed by atoms with Gasteiger partial charge in [0.25, 0.3) is 0 Å². The first kappa shape index (κ1) is 38.1. The fourth-order valence-corrected chi connectivity index (χ4v) is 6.75. The highest BCUT2D eigenvalue weighted by molar-refractivity contribution is 5.72. The van der Waals surface area contributed by atoms with Gasteiger partial charge in [0.1, 0.15) is 11.5 Å². The van der Waals surface area contributed by atoms with Crippen molar-refractivity contribution in [3.8, 4) is 45.6 Å². The van der Waals surface area contributed by atoms with Crippen molar-refractivity contribution in [3.05, 3.63) is 83.9 Å². The van der Waals surface area contributed by atoms with Gasteiger partial charge in [0.05, 0.1) is 52.9 Å². The summed E-state index contributed by atoms with van der Waals surface area (Å²) in [5.74, 6) is 8.58. The van der Waals surface area contributed by atoms with Crippen LogP contribution in [0.2, 0.25) is 0 Å². The van der Waals surface area contributed by atoms with E-state index in [-0.39, 0.29) is 10.8 Å². The number of hydrogen-bond donors (Lipinski definition) is 0. The first-order chi connectivity index (χ1) is 25.6. The molecule has 6 rings (SSSR count). The Labute approximate surface area is 312 Å². The molecule has 278 valence electrons. The molecular formula is C46H58O6. The van der Waals surface area contributed by atoms with Crippen molar-refractivity contribution in [2.24, 2.45) is 10.8 Å². The van der Waals surface area contributed by atoms with Gasteiger partial charge in [-0.1, -0.05) is 62.8 Å². The highest BCUT2D eigenvalue weighted by Gasteiger charge is 2.37. The number of unbranched alkanes of at least 4 members (excludes halogenated alkanes) is 6. The molecule has 2 saturated heterocycles. The van der Waals surface area contributed by atoms with Gasteiger partial charge in [-0.2, -0.15) is 0 Å². The predicted octanol–water partition coefficient (Wildman–Crippen LogP) is 10.1. The van der Waals surface area contributed by atoms with Crippen molar-refractivity contribution in [3.63, 3.8) is 0 Å². The van der Waals surface area contributed by atoms with Crippen molar-refractivity contribution < 1.29 is 28.4 Å². The zero-order chi connectivity index (χ0) is 35.9. The Morgan fingerprint density at radius 2 is 0.827 bits per heavy atom. The summed E-state index contributed by atoms with van der Waals surface area (Å²) in [6.07, 6.45) is 11.2. The van der Waals surface area contributed by atoms with Crippen LogP contribution in [0.1, 0.15) is 89.2 Å². The van der Waals surface area contributed by atoms with Crippen molar-refractivity contribution in [1.29, 1.82) is 0 Å². The molecule has 52 heavy (non-hydrogen) atoms. The molecule has 0 aromatic rings. The molecular weight excluding hydrogens is 649 g/mol. The Hall–Kier alpha value is -3.60. The van der Waals surface area contributed by atoms with Crippen LogP contribution in [0.3, 0.4) is 0 Å². The molecule has 2 fully saturated rings. The van der Waals surface area contributed by atoms with E-state index in [4.69, 9.17) is 28.4 Å². The van der Waals surface area contributed by atoms with Gasteiger partial charge in [-0.3, -0.25) is 0 Å². The Balaban J connectivity index is 0.868. The quantitative estimate of drug-likeness (QED) is 0.0599. The molecule has 0 radical (unpaired) electrons. The standard InChI is InChI=1S/C46H58O6/c1-3-45(33-49-34-45)31-47-23-9-5-7-11-25-51-43-27-39-19-15-37(16-20-40(39)28-43)13-14-38-17-21-41-29-44(30-42(41)22-18-38)52-26-12-8-6-10-24-48-32-46(4-2)35-50-36-46/h15-22,27-30H,3-12,23-26,31-36H2,1-2H3. The minimum absolute atomic E-state index is 0.282. The lowest BCUT2D eigenvalue weighted by molar-refractivity contribution is -0.150. The molecule has 0 spiro atoms. The monoisotopic (exact) mass is 706 g/mol. The van der Waals surface area contributed by atoms with Gasteiger partial charge in [-0.05, 0) is 122 Å². The van der Waals surface area contributed by atoms with Gasteiger partial charge in [-0.25, -0.2) is 0 Å². The second-order valence-corrected chi connectivity index (χ2v) is 15.0. The third kappa shape index (κ3) is 11.0. The molecule has 4 aliphatic carbocycles. The van der Waals surface area contributed by atoms with Crippen molar-refractivity contribution in [1.82, 2.24) is 0 Å². The molecule has 6 nitrogen and oxygen atoms in total. The van der Waals surface area contributed by atoms with Gasteiger partial charge in [-0.15, -0.1) is 0 Å². The van der Waals surface area contributed by atoms with Crippen LogP contribution >= 0.6 is 0 Å². The van der Waals surface area contributed by atoms with Crippen LogP contribution in [-0.2, 0) is 18.9 Å². The second kappa shape index (κ2) is 19.5. The maximum absolute atomic E-state index is 6.08. The van der Waals surface area contributed by atoms with Crippen LogP contribution in [0.4, 0.5) is 0 Å². The Morgan fingerprint density at radius 3 is 1.13 bits per heavy atom. The Morgan fingerprint density at radius 1 is 0.481 bits per heavy atom. The van der Waals surface area contributed by atoms with Gasteiger partial charge in [0.2, 0.25) is 0 Å². The lowest BCUT2D eigenvalue weighted by atomic mass is 9.84. The van der Waals surface area contributed by atoms with E-state index < -0.39 is 0 Å². The average molecular weight is 707 g/mol. The molecule has 2 heterocycles. The van der Waals surface area contributed by atoms with E-state index in [2.05, 4.69) is 98.5 Å². The van der Waals surface area contributed by atoms with Crippen molar-refractivity contribution in [2.75, 3.05) is 66.1 Å². The summed E-state index contributed by atoms with van der Waals surface area (Å²) < 4.78 is 34.8. The summed E-state index contributed by atoms with van der Waals surface area (Å²) >= 11 is 0. The molecule has 0 saturated carbocycles. The van der Waals surface area contributed by atoms with E-state index >= 15 is 0 Å². The van der Waals surface area contributed by atoms with Crippen LogP contribution in [0.5, 0.6) is 11.5 Å². The van der Waals surface area contributed by atoms with Gasteiger partial charge in [0.15, 0.2) is 0 Å². The minimum Gasteiger partial charge on any atom is -0.494 e. The normalized spacial score (nSPS) is 15.8. The van der Waals surface area contributed by atoms with E-state index in [1.165, 1.54) is 12.8 Å². The highest BCUT2D eigenvalue weighted by atomic mass is 16.5. The molecule has 6 heteroatoms. The molecule has 0 bridgehead atoms. The summed E-state index contributed by atoms with van der Waals surface area (Å²) in [5.41, 5.74) is 7.18. The first-order valence-corrected chi connectivity index (χ1v) is 19.7. The van der Waals surface area contributed by atoms with Gasteiger partial charge in [0, 0.05) is 35.2 Å². The topological polar surface area (TPSA) is 55.4 Å². The van der Waals surface area contributed by atoms with Crippen molar-refractivity contribution >= 4 is 0 Å². The van der Waals surface area contributed by atoms with E-state index in [1.807, 2.05) is 0 Å². The molecule has 0 N–H and O–H groups in total. The SMILES string of the molecule is CCC1(COCCCCCCOc2cc3ccc(C#Cc4ccc5cc(OCCCCCCOCC6(CC)COC6)cc-5cc4)ccc-3c2)COC1. The molecule has 6 aliphatic rings. The summed E-state index contributed by atoms with van der Waals surface area (Å²) in [6, 6.07) is 25.4. The molecule has 0 aromatic carbocycles. The number of hydrogen-bond acceptors (Lipinski definition) is 6. The molecule has 0 amide bonds. The van der Waals surface area contributed by atoms with E-state index in [0.29, 0.717) is 0 Å². The van der Waals surface area contributed by atoms with Crippen molar-refractivity contribution in [2.45, 2.75) is 78.1 Å².